The quantitative estimate of drug-likeness (QED) is 0.855. The van der Waals surface area contributed by atoms with Gasteiger partial charge in [-0.25, -0.2) is 8.78 Å². The number of carbonyl (C=O) groups is 1. The summed E-state index contributed by atoms with van der Waals surface area (Å²) in [5.74, 6) is -0.624. The number of hydrogen-bond acceptors (Lipinski definition) is 3. The van der Waals surface area contributed by atoms with Crippen LogP contribution in [0.4, 0.5) is 8.78 Å². The monoisotopic (exact) mass is 386 g/mol. The van der Waals surface area contributed by atoms with Crippen LogP contribution in [0.1, 0.15) is 42.9 Å². The van der Waals surface area contributed by atoms with Crippen LogP contribution in [0.15, 0.2) is 48.5 Å². The number of piperidine rings is 1. The number of nitrogens with two attached hydrogens (primary N) is 1. The molecule has 1 amide bonds. The first-order valence-corrected chi connectivity index (χ1v) is 9.72. The Bertz CT molecular complexity index is 766. The van der Waals surface area contributed by atoms with E-state index >= 15 is 0 Å². The first-order valence-electron chi connectivity index (χ1n) is 9.72. The number of ether oxygens (including phenoxy) is 1. The van der Waals surface area contributed by atoms with Gasteiger partial charge in [-0.3, -0.25) is 4.79 Å². The molecule has 6 heteroatoms. The van der Waals surface area contributed by atoms with Crippen molar-refractivity contribution in [2.45, 2.75) is 50.0 Å². The summed E-state index contributed by atoms with van der Waals surface area (Å²) in [4.78, 5) is 14.1. The highest BCUT2D eigenvalue weighted by atomic mass is 19.1. The SMILES string of the molecule is NCC(=O)N1[C@@H]2CC[C@H]1CC(OC(c1ccc(F)cc1)c1ccc(F)cc1)C2. The van der Waals surface area contributed by atoms with Crippen molar-refractivity contribution in [3.63, 3.8) is 0 Å². The number of carbonyl (C=O) groups excluding carboxylic acids is 1. The van der Waals surface area contributed by atoms with Crippen LogP contribution in [0.2, 0.25) is 0 Å². The van der Waals surface area contributed by atoms with E-state index in [4.69, 9.17) is 10.5 Å². The van der Waals surface area contributed by atoms with Crippen LogP contribution < -0.4 is 5.73 Å². The van der Waals surface area contributed by atoms with Gasteiger partial charge in [-0.2, -0.15) is 0 Å². The molecule has 2 saturated heterocycles. The number of fused-ring (bicyclic) bond motifs is 2. The molecule has 2 aliphatic rings. The Labute approximate surface area is 163 Å². The van der Waals surface area contributed by atoms with E-state index in [1.807, 2.05) is 4.90 Å². The number of halogens is 2. The summed E-state index contributed by atoms with van der Waals surface area (Å²) in [5.41, 5.74) is 7.20. The summed E-state index contributed by atoms with van der Waals surface area (Å²) in [5, 5.41) is 0. The van der Waals surface area contributed by atoms with Crippen LogP contribution in [0.3, 0.4) is 0 Å². The molecule has 2 N–H and O–H groups in total. The van der Waals surface area contributed by atoms with Crippen LogP contribution in [0.25, 0.3) is 0 Å². The zero-order chi connectivity index (χ0) is 19.7. The molecule has 1 unspecified atom stereocenters. The lowest BCUT2D eigenvalue weighted by Crippen LogP contribution is -2.50. The van der Waals surface area contributed by atoms with Crippen molar-refractivity contribution in [1.82, 2.24) is 4.90 Å². The van der Waals surface area contributed by atoms with E-state index < -0.39 is 6.10 Å². The Morgan fingerprint density at radius 3 is 1.86 bits per heavy atom. The van der Waals surface area contributed by atoms with Crippen molar-refractivity contribution >= 4 is 5.91 Å². The summed E-state index contributed by atoms with van der Waals surface area (Å²) < 4.78 is 33.2. The highest BCUT2D eigenvalue weighted by molar-refractivity contribution is 5.79. The minimum atomic E-state index is -0.414. The molecule has 4 rings (SSSR count). The average Bonchev–Trinajstić information content (AvgIpc) is 2.97. The minimum Gasteiger partial charge on any atom is -0.365 e. The van der Waals surface area contributed by atoms with E-state index in [2.05, 4.69) is 0 Å². The van der Waals surface area contributed by atoms with Crippen molar-refractivity contribution < 1.29 is 18.3 Å². The number of hydrogen-bond donors (Lipinski definition) is 1. The first kappa shape index (κ1) is 19.0. The Morgan fingerprint density at radius 2 is 1.43 bits per heavy atom. The third kappa shape index (κ3) is 3.80. The molecule has 0 saturated carbocycles. The highest BCUT2D eigenvalue weighted by Gasteiger charge is 2.43. The average molecular weight is 386 g/mol. The van der Waals surface area contributed by atoms with Gasteiger partial charge in [0.15, 0.2) is 0 Å². The van der Waals surface area contributed by atoms with Gasteiger partial charge in [-0.15, -0.1) is 0 Å². The summed E-state index contributed by atoms with van der Waals surface area (Å²) in [6.45, 7) is 0.0340. The largest absolute Gasteiger partial charge is 0.365 e. The van der Waals surface area contributed by atoms with Crippen molar-refractivity contribution in [3.05, 3.63) is 71.3 Å². The Balaban J connectivity index is 1.56. The summed E-state index contributed by atoms with van der Waals surface area (Å²) in [7, 11) is 0. The fourth-order valence-electron chi connectivity index (χ4n) is 4.57. The normalized spacial score (nSPS) is 24.0. The van der Waals surface area contributed by atoms with Crippen molar-refractivity contribution in [3.8, 4) is 0 Å². The van der Waals surface area contributed by atoms with Gasteiger partial charge in [0.05, 0.1) is 12.6 Å². The van der Waals surface area contributed by atoms with E-state index in [1.54, 1.807) is 24.3 Å². The fraction of sp³-hybridized carbons (Fsp3) is 0.409. The minimum absolute atomic E-state index is 0.000399. The summed E-state index contributed by atoms with van der Waals surface area (Å²) in [6, 6.07) is 12.7. The first-order chi connectivity index (χ1) is 13.5. The van der Waals surface area contributed by atoms with Crippen LogP contribution in [0, 0.1) is 11.6 Å². The number of benzene rings is 2. The van der Waals surface area contributed by atoms with Crippen LogP contribution in [0.5, 0.6) is 0 Å². The van der Waals surface area contributed by atoms with Crippen molar-refractivity contribution in [2.24, 2.45) is 5.73 Å². The molecule has 2 aliphatic heterocycles. The number of nitrogens with zero attached hydrogens (tertiary/aromatic N) is 1. The predicted molar refractivity (Wildman–Crippen MR) is 101 cm³/mol. The molecule has 0 aromatic heterocycles. The molecule has 2 aromatic carbocycles. The van der Waals surface area contributed by atoms with Crippen molar-refractivity contribution in [1.29, 1.82) is 0 Å². The lowest BCUT2D eigenvalue weighted by atomic mass is 9.97. The fourth-order valence-corrected chi connectivity index (χ4v) is 4.57. The van der Waals surface area contributed by atoms with E-state index in [0.717, 1.165) is 36.8 Å². The molecule has 4 nitrogen and oxygen atoms in total. The smallest absolute Gasteiger partial charge is 0.236 e. The Kier molecular flexibility index (Phi) is 5.42. The Hall–Kier alpha value is -2.31. The van der Waals surface area contributed by atoms with Crippen molar-refractivity contribution in [2.75, 3.05) is 6.54 Å². The standard InChI is InChI=1S/C22H24F2N2O2/c23-16-5-1-14(2-6-16)22(15-3-7-17(24)8-4-15)28-20-11-18-9-10-19(12-20)26(18)21(27)13-25/h1-8,18-20,22H,9-13,25H2/t18-,19+,20?. The maximum Gasteiger partial charge on any atom is 0.236 e. The molecule has 2 bridgehead atoms. The van der Waals surface area contributed by atoms with Gasteiger partial charge < -0.3 is 15.4 Å². The maximum atomic E-state index is 13.4. The molecule has 3 atom stereocenters. The van der Waals surface area contributed by atoms with Gasteiger partial charge in [0.2, 0.25) is 5.91 Å². The lowest BCUT2D eigenvalue weighted by molar-refractivity contribution is -0.137. The van der Waals surface area contributed by atoms with Gasteiger partial charge in [0, 0.05) is 12.1 Å². The highest BCUT2D eigenvalue weighted by Crippen LogP contribution is 2.39. The van der Waals surface area contributed by atoms with Gasteiger partial charge in [0.1, 0.15) is 17.7 Å². The molecule has 0 aliphatic carbocycles. The van der Waals surface area contributed by atoms with Gasteiger partial charge in [-0.1, -0.05) is 24.3 Å². The third-order valence-corrected chi connectivity index (χ3v) is 5.83. The molecule has 0 spiro atoms. The number of rotatable bonds is 5. The van der Waals surface area contributed by atoms with E-state index in [-0.39, 0.29) is 42.3 Å². The van der Waals surface area contributed by atoms with Gasteiger partial charge in [-0.05, 0) is 61.1 Å². The van der Waals surface area contributed by atoms with Gasteiger partial charge >= 0.3 is 0 Å². The second kappa shape index (κ2) is 7.97. The second-order valence-electron chi connectivity index (χ2n) is 7.60. The number of amides is 1. The summed E-state index contributed by atoms with van der Waals surface area (Å²) in [6.07, 6.45) is 2.99. The Morgan fingerprint density at radius 1 is 0.964 bits per heavy atom. The topological polar surface area (TPSA) is 55.6 Å². The van der Waals surface area contributed by atoms with Crippen LogP contribution in [-0.2, 0) is 9.53 Å². The third-order valence-electron chi connectivity index (χ3n) is 5.83. The van der Waals surface area contributed by atoms with Gasteiger partial charge in [0.25, 0.3) is 0 Å². The molecular formula is C22H24F2N2O2. The maximum absolute atomic E-state index is 13.4. The van der Waals surface area contributed by atoms with Crippen LogP contribution in [-0.4, -0.2) is 35.5 Å². The zero-order valence-corrected chi connectivity index (χ0v) is 15.6. The zero-order valence-electron chi connectivity index (χ0n) is 15.6. The molecule has 0 radical (unpaired) electrons. The van der Waals surface area contributed by atoms with E-state index in [0.29, 0.717) is 0 Å². The molecule has 148 valence electrons. The molecule has 2 fully saturated rings. The van der Waals surface area contributed by atoms with E-state index in [1.165, 1.54) is 24.3 Å². The molecule has 2 aromatic rings. The van der Waals surface area contributed by atoms with E-state index in [9.17, 15) is 13.6 Å². The second-order valence-corrected chi connectivity index (χ2v) is 7.60. The predicted octanol–water partition coefficient (Wildman–Crippen LogP) is 3.55. The molecule has 28 heavy (non-hydrogen) atoms. The molecular weight excluding hydrogens is 362 g/mol. The summed E-state index contributed by atoms with van der Waals surface area (Å²) >= 11 is 0. The van der Waals surface area contributed by atoms with Crippen LogP contribution >= 0.6 is 0 Å². The lowest BCUT2D eigenvalue weighted by Gasteiger charge is -2.40. The molecule has 2 heterocycles.